The summed E-state index contributed by atoms with van der Waals surface area (Å²) >= 11 is 0. The molecule has 2 aromatic rings. The Morgan fingerprint density at radius 2 is 1.51 bits per heavy atom. The second-order valence-corrected chi connectivity index (χ2v) is 10.6. The Balaban J connectivity index is 1.60. The van der Waals surface area contributed by atoms with Crippen LogP contribution in [0, 0.1) is 0 Å². The molecular weight excluding hydrogens is 492 g/mol. The van der Waals surface area contributed by atoms with E-state index < -0.39 is 0 Å². The number of hydrogen-bond acceptors (Lipinski definition) is 6. The number of piperidine rings is 1. The average Bonchev–Trinajstić information content (AvgIpc) is 3.21. The smallest absolute Gasteiger partial charge is 0.227 e. The van der Waals surface area contributed by atoms with Gasteiger partial charge in [-0.15, -0.1) is 0 Å². The number of rotatable bonds is 10. The van der Waals surface area contributed by atoms with Crippen molar-refractivity contribution in [1.29, 1.82) is 0 Å². The van der Waals surface area contributed by atoms with Crippen LogP contribution in [0.5, 0.6) is 23.0 Å². The Bertz CT molecular complexity index is 1150. The van der Waals surface area contributed by atoms with E-state index in [9.17, 15) is 4.79 Å². The van der Waals surface area contributed by atoms with Gasteiger partial charge in [0.15, 0.2) is 0 Å². The quantitative estimate of drug-likeness (QED) is 0.369. The third-order valence-corrected chi connectivity index (χ3v) is 8.52. The summed E-state index contributed by atoms with van der Waals surface area (Å²) in [7, 11) is 6.76. The molecule has 0 unspecified atom stereocenters. The van der Waals surface area contributed by atoms with Crippen LogP contribution in [0.3, 0.4) is 0 Å². The number of allylic oxidation sites excluding steroid dienone is 1. The van der Waals surface area contributed by atoms with Crippen molar-refractivity contribution in [1.82, 2.24) is 9.80 Å². The van der Waals surface area contributed by atoms with Crippen molar-refractivity contribution < 1.29 is 23.7 Å². The highest BCUT2D eigenvalue weighted by Crippen LogP contribution is 2.45. The van der Waals surface area contributed by atoms with Gasteiger partial charge in [-0.3, -0.25) is 9.69 Å². The van der Waals surface area contributed by atoms with Crippen molar-refractivity contribution >= 4 is 5.91 Å². The molecule has 1 atom stereocenters. The van der Waals surface area contributed by atoms with Gasteiger partial charge in [0, 0.05) is 49.8 Å². The highest BCUT2D eigenvalue weighted by molar-refractivity contribution is 5.85. The zero-order valence-electron chi connectivity index (χ0n) is 24.6. The molecular formula is C32H44N2O5. The minimum atomic E-state index is -0.227. The Morgan fingerprint density at radius 3 is 2.05 bits per heavy atom. The zero-order chi connectivity index (χ0) is 28.2. The standard InChI is InChI=1S/C32H44N2O5/c1-8-24-17-28(38-6)20-29(39-7)31(24)22(3)14-25-18-30(35)34(9-2)32(25)10-12-33(13-11-32)21-23-15-26(36-4)19-27(16-23)37-5/h14-17,19-20,22H,8-13,18,21H2,1-7H3/b25-14+/t22-/m1/s1. The fourth-order valence-electron chi connectivity index (χ4n) is 6.55. The van der Waals surface area contributed by atoms with Crippen molar-refractivity contribution in [2.45, 2.75) is 64.5 Å². The molecule has 212 valence electrons. The van der Waals surface area contributed by atoms with Gasteiger partial charge in [0.1, 0.15) is 23.0 Å². The monoisotopic (exact) mass is 536 g/mol. The Hall–Kier alpha value is -3.19. The number of amides is 1. The fraction of sp³-hybridized carbons (Fsp3) is 0.531. The second kappa shape index (κ2) is 12.3. The summed E-state index contributed by atoms with van der Waals surface area (Å²) in [6.45, 7) is 9.86. The molecule has 4 rings (SSSR count). The molecule has 0 bridgehead atoms. The summed E-state index contributed by atoms with van der Waals surface area (Å²) in [5, 5.41) is 0. The molecule has 0 N–H and O–H groups in total. The van der Waals surface area contributed by atoms with E-state index in [0.717, 1.165) is 68.4 Å². The van der Waals surface area contributed by atoms with E-state index in [-0.39, 0.29) is 17.4 Å². The largest absolute Gasteiger partial charge is 0.497 e. The number of carbonyl (C=O) groups is 1. The van der Waals surface area contributed by atoms with Crippen LogP contribution in [-0.2, 0) is 17.8 Å². The molecule has 2 saturated heterocycles. The molecule has 7 heteroatoms. The lowest BCUT2D eigenvalue weighted by atomic mass is 9.78. The van der Waals surface area contributed by atoms with Crippen LogP contribution in [0.15, 0.2) is 42.0 Å². The number of hydrogen-bond donors (Lipinski definition) is 0. The van der Waals surface area contributed by atoms with Crippen molar-refractivity contribution in [3.05, 3.63) is 58.7 Å². The molecule has 1 spiro atoms. The number of likely N-dealkylation sites (tertiary alicyclic amines) is 2. The molecule has 2 aromatic carbocycles. The molecule has 0 saturated carbocycles. The lowest BCUT2D eigenvalue weighted by Crippen LogP contribution is -2.53. The Morgan fingerprint density at radius 1 is 0.897 bits per heavy atom. The summed E-state index contributed by atoms with van der Waals surface area (Å²) in [6.07, 6.45) is 5.57. The topological polar surface area (TPSA) is 60.5 Å². The molecule has 2 heterocycles. The molecule has 0 aliphatic carbocycles. The lowest BCUT2D eigenvalue weighted by Gasteiger charge is -2.45. The number of methoxy groups -OCH3 is 4. The van der Waals surface area contributed by atoms with E-state index in [1.165, 1.54) is 22.3 Å². The van der Waals surface area contributed by atoms with Crippen LogP contribution in [0.2, 0.25) is 0 Å². The third-order valence-electron chi connectivity index (χ3n) is 8.52. The van der Waals surface area contributed by atoms with Gasteiger partial charge >= 0.3 is 0 Å². The lowest BCUT2D eigenvalue weighted by molar-refractivity contribution is -0.132. The summed E-state index contributed by atoms with van der Waals surface area (Å²) in [5.74, 6) is 3.59. The van der Waals surface area contributed by atoms with Gasteiger partial charge in [0.05, 0.1) is 40.4 Å². The molecule has 1 amide bonds. The van der Waals surface area contributed by atoms with E-state index in [4.69, 9.17) is 18.9 Å². The SMILES string of the molecule is CCc1cc(OC)cc(OC)c1[C@H](C)/C=C1\CC(=O)N(CC)C12CCN(Cc1cc(OC)cc(OC)c1)CC2. The highest BCUT2D eigenvalue weighted by Gasteiger charge is 2.49. The molecule has 2 aliphatic heterocycles. The van der Waals surface area contributed by atoms with Gasteiger partial charge in [-0.25, -0.2) is 0 Å². The van der Waals surface area contributed by atoms with Crippen LogP contribution >= 0.6 is 0 Å². The van der Waals surface area contributed by atoms with Crippen molar-refractivity contribution in [3.8, 4) is 23.0 Å². The number of ether oxygens (including phenoxy) is 4. The Kier molecular flexibility index (Phi) is 9.11. The number of likely N-dealkylation sites (N-methyl/N-ethyl adjacent to an activating group) is 1. The molecule has 39 heavy (non-hydrogen) atoms. The summed E-state index contributed by atoms with van der Waals surface area (Å²) in [4.78, 5) is 17.9. The van der Waals surface area contributed by atoms with Gasteiger partial charge in [-0.1, -0.05) is 19.9 Å². The minimum Gasteiger partial charge on any atom is -0.497 e. The van der Waals surface area contributed by atoms with Gasteiger partial charge < -0.3 is 23.8 Å². The maximum absolute atomic E-state index is 13.3. The average molecular weight is 537 g/mol. The van der Waals surface area contributed by atoms with Gasteiger partial charge in [-0.05, 0) is 61.1 Å². The van der Waals surface area contributed by atoms with Gasteiger partial charge in [-0.2, -0.15) is 0 Å². The highest BCUT2D eigenvalue weighted by atomic mass is 16.5. The third kappa shape index (κ3) is 5.74. The van der Waals surface area contributed by atoms with Crippen LogP contribution in [-0.4, -0.2) is 69.3 Å². The maximum atomic E-state index is 13.3. The Labute approximate surface area is 233 Å². The number of benzene rings is 2. The number of nitrogens with zero attached hydrogens (tertiary/aromatic N) is 2. The minimum absolute atomic E-state index is 0.111. The fourth-order valence-corrected chi connectivity index (χ4v) is 6.55. The molecule has 2 aliphatic rings. The van der Waals surface area contributed by atoms with Crippen molar-refractivity contribution in [2.75, 3.05) is 48.1 Å². The van der Waals surface area contributed by atoms with E-state index in [1.807, 2.05) is 12.1 Å². The predicted molar refractivity (Wildman–Crippen MR) is 154 cm³/mol. The van der Waals surface area contributed by atoms with Crippen LogP contribution in [0.25, 0.3) is 0 Å². The summed E-state index contributed by atoms with van der Waals surface area (Å²) in [6, 6.07) is 10.1. The first-order chi connectivity index (χ1) is 18.8. The van der Waals surface area contributed by atoms with Crippen LogP contribution in [0.4, 0.5) is 0 Å². The first-order valence-electron chi connectivity index (χ1n) is 14.0. The van der Waals surface area contributed by atoms with Crippen molar-refractivity contribution in [2.24, 2.45) is 0 Å². The maximum Gasteiger partial charge on any atom is 0.227 e. The van der Waals surface area contributed by atoms with E-state index in [1.54, 1.807) is 28.4 Å². The second-order valence-electron chi connectivity index (χ2n) is 10.6. The first-order valence-corrected chi connectivity index (χ1v) is 14.0. The molecule has 0 aromatic heterocycles. The van der Waals surface area contributed by atoms with E-state index in [0.29, 0.717) is 6.42 Å². The van der Waals surface area contributed by atoms with Crippen molar-refractivity contribution in [3.63, 3.8) is 0 Å². The van der Waals surface area contributed by atoms with Gasteiger partial charge in [0.25, 0.3) is 0 Å². The van der Waals surface area contributed by atoms with Gasteiger partial charge in [0.2, 0.25) is 5.91 Å². The normalized spacial score (nSPS) is 19.0. The van der Waals surface area contributed by atoms with Crippen LogP contribution in [0.1, 0.15) is 62.6 Å². The summed E-state index contributed by atoms with van der Waals surface area (Å²) in [5.41, 5.74) is 4.58. The number of aryl methyl sites for hydroxylation is 1. The zero-order valence-corrected chi connectivity index (χ0v) is 24.6. The van der Waals surface area contributed by atoms with E-state index in [2.05, 4.69) is 54.8 Å². The number of carbonyl (C=O) groups excluding carboxylic acids is 1. The molecule has 0 radical (unpaired) electrons. The molecule has 7 nitrogen and oxygen atoms in total. The molecule has 2 fully saturated rings. The first kappa shape index (κ1) is 28.8. The predicted octanol–water partition coefficient (Wildman–Crippen LogP) is 5.60. The van der Waals surface area contributed by atoms with Crippen LogP contribution < -0.4 is 18.9 Å². The summed E-state index contributed by atoms with van der Waals surface area (Å²) < 4.78 is 22.3. The van der Waals surface area contributed by atoms with E-state index >= 15 is 0 Å².